The summed E-state index contributed by atoms with van der Waals surface area (Å²) in [4.78, 5) is 4.11. The van der Waals surface area contributed by atoms with Gasteiger partial charge in [0.1, 0.15) is 0 Å². The zero-order valence-corrected chi connectivity index (χ0v) is 9.44. The Bertz CT molecular complexity index is 241. The van der Waals surface area contributed by atoms with Gasteiger partial charge in [0.15, 0.2) is 0 Å². The minimum absolute atomic E-state index is 0.711. The molecular formula is C6H4BrClIN. The van der Waals surface area contributed by atoms with E-state index >= 15 is 0 Å². The third-order valence-electron chi connectivity index (χ3n) is 1.01. The van der Waals surface area contributed by atoms with Crippen LogP contribution in [0, 0.1) is 3.57 Å². The number of rotatable bonds is 1. The van der Waals surface area contributed by atoms with Crippen molar-refractivity contribution in [3.63, 3.8) is 0 Å². The highest BCUT2D eigenvalue weighted by molar-refractivity contribution is 14.1. The van der Waals surface area contributed by atoms with Crippen LogP contribution >= 0.6 is 50.1 Å². The van der Waals surface area contributed by atoms with Crippen LogP contribution in [0.5, 0.6) is 0 Å². The molecule has 1 nitrogen and oxygen atoms in total. The molecule has 0 aliphatic carbocycles. The molecule has 1 rings (SSSR count). The van der Waals surface area contributed by atoms with Gasteiger partial charge in [0.05, 0.1) is 10.7 Å². The minimum atomic E-state index is 0.711. The molecule has 54 valence electrons. The molecule has 4 heteroatoms. The van der Waals surface area contributed by atoms with E-state index in [9.17, 15) is 0 Å². The summed E-state index contributed by atoms with van der Waals surface area (Å²) in [5.74, 6) is 0. The maximum absolute atomic E-state index is 5.83. The number of pyridine rings is 1. The molecule has 0 unspecified atom stereocenters. The highest BCUT2D eigenvalue weighted by Gasteiger charge is 1.98. The Hall–Kier alpha value is 0.650. The van der Waals surface area contributed by atoms with E-state index in [1.54, 1.807) is 6.20 Å². The van der Waals surface area contributed by atoms with Gasteiger partial charge in [-0.25, -0.2) is 0 Å². The van der Waals surface area contributed by atoms with E-state index in [1.807, 2.05) is 6.07 Å². The van der Waals surface area contributed by atoms with Crippen LogP contribution in [0.25, 0.3) is 0 Å². The Kier molecular flexibility index (Phi) is 3.39. The van der Waals surface area contributed by atoms with Crippen molar-refractivity contribution >= 4 is 50.1 Å². The summed E-state index contributed by atoms with van der Waals surface area (Å²) in [5.41, 5.74) is 0.891. The normalized spacial score (nSPS) is 9.90. The maximum Gasteiger partial charge on any atom is 0.0695 e. The molecule has 0 N–H and O–H groups in total. The number of aromatic nitrogens is 1. The van der Waals surface area contributed by atoms with Crippen LogP contribution in [0.3, 0.4) is 0 Å². The van der Waals surface area contributed by atoms with Crippen molar-refractivity contribution in [2.45, 2.75) is 5.33 Å². The van der Waals surface area contributed by atoms with E-state index in [0.29, 0.717) is 5.33 Å². The third kappa shape index (κ3) is 2.07. The van der Waals surface area contributed by atoms with E-state index in [2.05, 4.69) is 43.5 Å². The average molecular weight is 332 g/mol. The first-order valence-electron chi connectivity index (χ1n) is 2.60. The molecule has 1 aromatic rings. The molecule has 0 aromatic carbocycles. The maximum atomic E-state index is 5.83. The zero-order chi connectivity index (χ0) is 7.56. The number of nitrogens with zero attached hydrogens (tertiary/aromatic N) is 1. The highest BCUT2D eigenvalue weighted by atomic mass is 127. The molecule has 1 aromatic heterocycles. The van der Waals surface area contributed by atoms with Gasteiger partial charge in [-0.2, -0.15) is 0 Å². The minimum Gasteiger partial charge on any atom is -0.258 e. The highest BCUT2D eigenvalue weighted by Crippen LogP contribution is 2.18. The lowest BCUT2D eigenvalue weighted by Gasteiger charge is -1.97. The van der Waals surface area contributed by atoms with Crippen LogP contribution in [0.1, 0.15) is 5.69 Å². The first-order chi connectivity index (χ1) is 4.74. The molecule has 0 radical (unpaired) electrons. The Morgan fingerprint density at radius 3 is 2.90 bits per heavy atom. The van der Waals surface area contributed by atoms with E-state index in [4.69, 9.17) is 11.6 Å². The zero-order valence-electron chi connectivity index (χ0n) is 4.94. The summed E-state index contributed by atoms with van der Waals surface area (Å²) < 4.78 is 1.06. The molecule has 0 saturated carbocycles. The van der Waals surface area contributed by atoms with Gasteiger partial charge in [-0.15, -0.1) is 0 Å². The van der Waals surface area contributed by atoms with Gasteiger partial charge in [-0.05, 0) is 28.7 Å². The van der Waals surface area contributed by atoms with Gasteiger partial charge in [-0.1, -0.05) is 27.5 Å². The second-order valence-corrected chi connectivity index (χ2v) is 3.93. The Labute approximate surface area is 86.4 Å². The van der Waals surface area contributed by atoms with Crippen molar-refractivity contribution in [1.82, 2.24) is 4.98 Å². The fourth-order valence-corrected chi connectivity index (χ4v) is 2.02. The van der Waals surface area contributed by atoms with Gasteiger partial charge >= 0.3 is 0 Å². The molecule has 0 spiro atoms. The fraction of sp³-hybridized carbons (Fsp3) is 0.167. The topological polar surface area (TPSA) is 12.9 Å². The Morgan fingerprint density at radius 2 is 2.40 bits per heavy atom. The van der Waals surface area contributed by atoms with Gasteiger partial charge in [0.25, 0.3) is 0 Å². The van der Waals surface area contributed by atoms with Crippen LogP contribution in [-0.2, 0) is 5.33 Å². The first-order valence-corrected chi connectivity index (χ1v) is 5.17. The number of halogens is 3. The molecule has 0 fully saturated rings. The largest absolute Gasteiger partial charge is 0.258 e. The molecule has 1 heterocycles. The number of hydrogen-bond acceptors (Lipinski definition) is 1. The first kappa shape index (κ1) is 8.74. The van der Waals surface area contributed by atoms with Gasteiger partial charge in [0.2, 0.25) is 0 Å². The van der Waals surface area contributed by atoms with Gasteiger partial charge in [-0.3, -0.25) is 4.98 Å². The summed E-state index contributed by atoms with van der Waals surface area (Å²) in [6, 6.07) is 1.89. The quantitative estimate of drug-likeness (QED) is 0.568. The molecule has 0 saturated heterocycles. The third-order valence-corrected chi connectivity index (χ3v) is 2.46. The van der Waals surface area contributed by atoms with Crippen molar-refractivity contribution in [1.29, 1.82) is 0 Å². The molecule has 0 aliphatic heterocycles. The van der Waals surface area contributed by atoms with Crippen molar-refractivity contribution in [2.75, 3.05) is 0 Å². The molecule has 0 amide bonds. The lowest BCUT2D eigenvalue weighted by molar-refractivity contribution is 1.17. The van der Waals surface area contributed by atoms with Gasteiger partial charge < -0.3 is 0 Å². The van der Waals surface area contributed by atoms with Crippen molar-refractivity contribution in [3.8, 4) is 0 Å². The SMILES string of the molecule is Clc1cc(I)cnc1CBr. The molecule has 0 atom stereocenters. The smallest absolute Gasteiger partial charge is 0.0695 e. The van der Waals surface area contributed by atoms with Crippen LogP contribution in [0.4, 0.5) is 0 Å². The standard InChI is InChI=1S/C6H4BrClIN/c7-2-6-5(8)1-4(9)3-10-6/h1,3H,2H2. The summed E-state index contributed by atoms with van der Waals surface area (Å²) in [5, 5.41) is 1.44. The molecule has 0 bridgehead atoms. The van der Waals surface area contributed by atoms with E-state index in [-0.39, 0.29) is 0 Å². The van der Waals surface area contributed by atoms with Crippen LogP contribution < -0.4 is 0 Å². The van der Waals surface area contributed by atoms with Crippen LogP contribution in [0.15, 0.2) is 12.3 Å². The number of hydrogen-bond donors (Lipinski definition) is 0. The summed E-state index contributed by atoms with van der Waals surface area (Å²) in [7, 11) is 0. The van der Waals surface area contributed by atoms with E-state index in [1.165, 1.54) is 0 Å². The van der Waals surface area contributed by atoms with Crippen molar-refractivity contribution in [2.24, 2.45) is 0 Å². The Morgan fingerprint density at radius 1 is 1.70 bits per heavy atom. The lowest BCUT2D eigenvalue weighted by atomic mass is 10.4. The lowest BCUT2D eigenvalue weighted by Crippen LogP contribution is -1.86. The Balaban J connectivity index is 3.07. The monoisotopic (exact) mass is 331 g/mol. The van der Waals surface area contributed by atoms with Crippen LogP contribution in [-0.4, -0.2) is 4.98 Å². The van der Waals surface area contributed by atoms with Crippen molar-refractivity contribution < 1.29 is 0 Å². The molecular weight excluding hydrogens is 328 g/mol. The predicted molar refractivity (Wildman–Crippen MR) is 54.6 cm³/mol. The second-order valence-electron chi connectivity index (χ2n) is 1.72. The number of alkyl halides is 1. The summed E-state index contributed by atoms with van der Waals surface area (Å²) >= 11 is 11.3. The molecule has 10 heavy (non-hydrogen) atoms. The van der Waals surface area contributed by atoms with Crippen molar-refractivity contribution in [3.05, 3.63) is 26.5 Å². The van der Waals surface area contributed by atoms with E-state index < -0.39 is 0 Å². The van der Waals surface area contributed by atoms with Gasteiger partial charge in [0, 0.05) is 15.1 Å². The summed E-state index contributed by atoms with van der Waals surface area (Å²) in [6.07, 6.45) is 1.79. The second kappa shape index (κ2) is 3.88. The fourth-order valence-electron chi connectivity index (χ4n) is 0.541. The van der Waals surface area contributed by atoms with E-state index in [0.717, 1.165) is 14.3 Å². The van der Waals surface area contributed by atoms with Crippen LogP contribution in [0.2, 0.25) is 5.02 Å². The molecule has 0 aliphatic rings. The predicted octanol–water partition coefficient (Wildman–Crippen LogP) is 3.23. The summed E-state index contributed by atoms with van der Waals surface area (Å²) in [6.45, 7) is 0. The average Bonchev–Trinajstić information content (AvgIpc) is 1.88.